The van der Waals surface area contributed by atoms with Gasteiger partial charge in [-0.3, -0.25) is 4.68 Å². The highest BCUT2D eigenvalue weighted by Gasteiger charge is 2.31. The molecule has 0 spiro atoms. The molecule has 1 saturated heterocycles. The van der Waals surface area contributed by atoms with Gasteiger partial charge in [-0.15, -0.1) is 0 Å². The molecule has 8 heteroatoms. The normalized spacial score (nSPS) is 17.8. The van der Waals surface area contributed by atoms with Crippen LogP contribution in [0.25, 0.3) is 16.6 Å². The molecule has 0 aliphatic carbocycles. The van der Waals surface area contributed by atoms with Crippen LogP contribution < -0.4 is 4.90 Å². The van der Waals surface area contributed by atoms with Crippen molar-refractivity contribution >= 4 is 17.3 Å². The summed E-state index contributed by atoms with van der Waals surface area (Å²) in [6.07, 6.45) is 7.52. The minimum atomic E-state index is -0.480. The summed E-state index contributed by atoms with van der Waals surface area (Å²) < 4.78 is 9.22. The molecule has 0 radical (unpaired) electrons. The molecule has 1 amide bonds. The highest BCUT2D eigenvalue weighted by Crippen LogP contribution is 2.28. The number of anilines is 1. The van der Waals surface area contributed by atoms with Gasteiger partial charge >= 0.3 is 6.09 Å². The maximum Gasteiger partial charge on any atom is 0.410 e. The standard InChI is InChI=1S/C21H28N6O2/c1-15-12-25(20(28)29-21(2,3)4)8-9-26(15)19-11-23-27-14-16(6-7-18(19)27)17-10-22-24(5)13-17/h6-7,10-11,13-15H,8-9,12H2,1-5H3. The van der Waals surface area contributed by atoms with Crippen LogP contribution in [-0.4, -0.2) is 61.7 Å². The molecule has 1 aliphatic heterocycles. The van der Waals surface area contributed by atoms with Crippen molar-refractivity contribution in [2.45, 2.75) is 39.3 Å². The Morgan fingerprint density at radius 2 is 1.90 bits per heavy atom. The maximum absolute atomic E-state index is 12.4. The number of piperazine rings is 1. The zero-order valence-electron chi connectivity index (χ0n) is 17.7. The second-order valence-corrected chi connectivity index (χ2v) is 8.65. The maximum atomic E-state index is 12.4. The number of nitrogens with zero attached hydrogens (tertiary/aromatic N) is 6. The third-order valence-corrected chi connectivity index (χ3v) is 5.12. The molecule has 3 aromatic rings. The molecule has 0 aromatic carbocycles. The average molecular weight is 396 g/mol. The Kier molecular flexibility index (Phi) is 4.72. The number of carbonyl (C=O) groups excluding carboxylic acids is 1. The molecule has 4 heterocycles. The number of rotatable bonds is 2. The van der Waals surface area contributed by atoms with E-state index in [4.69, 9.17) is 4.74 Å². The first kappa shape index (κ1) is 19.3. The number of ether oxygens (including phenoxy) is 1. The highest BCUT2D eigenvalue weighted by atomic mass is 16.6. The van der Waals surface area contributed by atoms with Gasteiger partial charge in [0.2, 0.25) is 0 Å². The van der Waals surface area contributed by atoms with Crippen LogP contribution in [-0.2, 0) is 11.8 Å². The van der Waals surface area contributed by atoms with Gasteiger partial charge in [-0.2, -0.15) is 10.2 Å². The summed E-state index contributed by atoms with van der Waals surface area (Å²) in [5.41, 5.74) is 3.79. The Balaban J connectivity index is 1.52. The zero-order chi connectivity index (χ0) is 20.8. The number of hydrogen-bond donors (Lipinski definition) is 0. The van der Waals surface area contributed by atoms with Gasteiger partial charge in [-0.1, -0.05) is 6.07 Å². The molecule has 29 heavy (non-hydrogen) atoms. The van der Waals surface area contributed by atoms with Crippen molar-refractivity contribution < 1.29 is 9.53 Å². The largest absolute Gasteiger partial charge is 0.444 e. The number of pyridine rings is 1. The van der Waals surface area contributed by atoms with E-state index in [1.54, 1.807) is 9.58 Å². The Bertz CT molecular complexity index is 1030. The van der Waals surface area contributed by atoms with Crippen LogP contribution in [0.3, 0.4) is 0 Å². The summed E-state index contributed by atoms with van der Waals surface area (Å²) in [5, 5.41) is 8.81. The molecule has 4 rings (SSSR count). The lowest BCUT2D eigenvalue weighted by Gasteiger charge is -2.41. The number of aromatic nitrogens is 4. The monoisotopic (exact) mass is 396 g/mol. The van der Waals surface area contributed by atoms with E-state index in [1.165, 1.54) is 0 Å². The highest BCUT2D eigenvalue weighted by molar-refractivity contribution is 5.76. The molecule has 3 aromatic heterocycles. The van der Waals surface area contributed by atoms with Crippen molar-refractivity contribution in [3.63, 3.8) is 0 Å². The Morgan fingerprint density at radius 1 is 1.10 bits per heavy atom. The number of carbonyl (C=O) groups is 1. The molecule has 1 fully saturated rings. The molecule has 1 aliphatic rings. The molecular weight excluding hydrogens is 368 g/mol. The van der Waals surface area contributed by atoms with Crippen molar-refractivity contribution in [3.05, 3.63) is 36.9 Å². The third-order valence-electron chi connectivity index (χ3n) is 5.12. The molecule has 154 valence electrons. The molecular formula is C21H28N6O2. The molecule has 0 saturated carbocycles. The average Bonchev–Trinajstić information content (AvgIpc) is 3.26. The van der Waals surface area contributed by atoms with Gasteiger partial charge in [0.15, 0.2) is 0 Å². The van der Waals surface area contributed by atoms with Crippen LogP contribution in [0, 0.1) is 0 Å². The van der Waals surface area contributed by atoms with E-state index in [1.807, 2.05) is 57.1 Å². The third kappa shape index (κ3) is 3.92. The van der Waals surface area contributed by atoms with Crippen LogP contribution in [0.15, 0.2) is 36.9 Å². The Hall–Kier alpha value is -3.03. The quantitative estimate of drug-likeness (QED) is 0.666. The summed E-state index contributed by atoms with van der Waals surface area (Å²) in [6, 6.07) is 4.36. The van der Waals surface area contributed by atoms with Crippen molar-refractivity contribution in [1.82, 2.24) is 24.3 Å². The topological polar surface area (TPSA) is 67.9 Å². The van der Waals surface area contributed by atoms with Crippen molar-refractivity contribution in [2.24, 2.45) is 7.05 Å². The first-order valence-corrected chi connectivity index (χ1v) is 9.92. The second-order valence-electron chi connectivity index (χ2n) is 8.65. The van der Waals surface area contributed by atoms with Crippen LogP contribution in [0.5, 0.6) is 0 Å². The molecule has 8 nitrogen and oxygen atoms in total. The fourth-order valence-corrected chi connectivity index (χ4v) is 3.74. The number of hydrogen-bond acceptors (Lipinski definition) is 5. The molecule has 1 atom stereocenters. The minimum Gasteiger partial charge on any atom is -0.444 e. The van der Waals surface area contributed by atoms with E-state index in [0.717, 1.165) is 28.9 Å². The van der Waals surface area contributed by atoms with Gasteiger partial charge in [-0.05, 0) is 33.8 Å². The van der Waals surface area contributed by atoms with Gasteiger partial charge < -0.3 is 14.5 Å². The van der Waals surface area contributed by atoms with Crippen LogP contribution in [0.2, 0.25) is 0 Å². The van der Waals surface area contributed by atoms with Crippen molar-refractivity contribution in [3.8, 4) is 11.1 Å². The fraction of sp³-hybridized carbons (Fsp3) is 0.476. The van der Waals surface area contributed by atoms with E-state index < -0.39 is 5.60 Å². The van der Waals surface area contributed by atoms with E-state index >= 15 is 0 Å². The predicted molar refractivity (Wildman–Crippen MR) is 112 cm³/mol. The lowest BCUT2D eigenvalue weighted by Crippen LogP contribution is -2.54. The predicted octanol–water partition coefficient (Wildman–Crippen LogP) is 3.18. The van der Waals surface area contributed by atoms with E-state index in [9.17, 15) is 4.79 Å². The van der Waals surface area contributed by atoms with Crippen LogP contribution >= 0.6 is 0 Å². The summed E-state index contributed by atoms with van der Waals surface area (Å²) in [5.74, 6) is 0. The summed E-state index contributed by atoms with van der Waals surface area (Å²) >= 11 is 0. The molecule has 0 N–H and O–H groups in total. The SMILES string of the molecule is CC1CN(C(=O)OC(C)(C)C)CCN1c1cnn2cc(-c3cnn(C)c3)ccc12. The van der Waals surface area contributed by atoms with Crippen LogP contribution in [0.4, 0.5) is 10.5 Å². The second kappa shape index (κ2) is 7.09. The first-order chi connectivity index (χ1) is 13.7. The van der Waals surface area contributed by atoms with Gasteiger partial charge in [0.1, 0.15) is 5.60 Å². The molecule has 0 bridgehead atoms. The van der Waals surface area contributed by atoms with E-state index in [0.29, 0.717) is 13.1 Å². The summed E-state index contributed by atoms with van der Waals surface area (Å²) in [7, 11) is 1.91. The number of aryl methyl sites for hydroxylation is 1. The Morgan fingerprint density at radius 3 is 2.55 bits per heavy atom. The summed E-state index contributed by atoms with van der Waals surface area (Å²) in [6.45, 7) is 9.80. The van der Waals surface area contributed by atoms with Gasteiger partial charge in [0.05, 0.1) is 23.6 Å². The lowest BCUT2D eigenvalue weighted by molar-refractivity contribution is 0.0219. The van der Waals surface area contributed by atoms with Crippen molar-refractivity contribution in [1.29, 1.82) is 0 Å². The summed E-state index contributed by atoms with van der Waals surface area (Å²) in [4.78, 5) is 16.5. The van der Waals surface area contributed by atoms with Gasteiger partial charge in [0, 0.05) is 56.2 Å². The first-order valence-electron chi connectivity index (χ1n) is 9.92. The zero-order valence-corrected chi connectivity index (χ0v) is 17.7. The number of amides is 1. The van der Waals surface area contributed by atoms with Gasteiger partial charge in [0.25, 0.3) is 0 Å². The lowest BCUT2D eigenvalue weighted by atomic mass is 10.1. The smallest absolute Gasteiger partial charge is 0.410 e. The van der Waals surface area contributed by atoms with Crippen molar-refractivity contribution in [2.75, 3.05) is 24.5 Å². The van der Waals surface area contributed by atoms with E-state index in [2.05, 4.69) is 34.2 Å². The van der Waals surface area contributed by atoms with Crippen LogP contribution in [0.1, 0.15) is 27.7 Å². The fourth-order valence-electron chi connectivity index (χ4n) is 3.74. The molecule has 1 unspecified atom stereocenters. The number of fused-ring (bicyclic) bond motifs is 1. The van der Waals surface area contributed by atoms with E-state index in [-0.39, 0.29) is 12.1 Å². The minimum absolute atomic E-state index is 0.169. The van der Waals surface area contributed by atoms with Gasteiger partial charge in [-0.25, -0.2) is 9.31 Å². The Labute approximate surface area is 170 Å².